The number of carbonyl (C=O) groups excluding carboxylic acids is 3. The molecule has 12 heteroatoms. The van der Waals surface area contributed by atoms with Crippen LogP contribution < -0.4 is 0 Å². The molecule has 3 saturated carbocycles. The number of aliphatic imine (C=N–C) groups is 1. The van der Waals surface area contributed by atoms with Crippen LogP contribution in [0.5, 0.6) is 0 Å². The van der Waals surface area contributed by atoms with E-state index in [4.69, 9.17) is 9.29 Å². The van der Waals surface area contributed by atoms with E-state index in [9.17, 15) is 33.0 Å². The van der Waals surface area contributed by atoms with Crippen molar-refractivity contribution in [1.29, 1.82) is 0 Å². The third-order valence-electron chi connectivity index (χ3n) is 12.1. The number of ketones is 1. The Morgan fingerprint density at radius 3 is 2.43 bits per heavy atom. The van der Waals surface area contributed by atoms with Crippen LogP contribution >= 0.6 is 0 Å². The zero-order valence-electron chi connectivity index (χ0n) is 28.2. The lowest BCUT2D eigenvalue weighted by Gasteiger charge is -2.61. The van der Waals surface area contributed by atoms with E-state index in [1.165, 1.54) is 17.5 Å². The van der Waals surface area contributed by atoms with E-state index in [-0.39, 0.29) is 48.5 Å². The molecule has 0 radical (unpaired) electrons. The minimum Gasteiger partial charge on any atom is -0.458 e. The van der Waals surface area contributed by atoms with Crippen molar-refractivity contribution in [3.8, 4) is 0 Å². The van der Waals surface area contributed by atoms with E-state index >= 15 is 0 Å². The first-order chi connectivity index (χ1) is 21.5. The number of nitrogens with zero attached hydrogens (tertiary/aromatic N) is 2. The van der Waals surface area contributed by atoms with Crippen LogP contribution in [0.15, 0.2) is 16.6 Å². The Bertz CT molecular complexity index is 1350. The molecule has 3 N–H and O–H groups in total. The van der Waals surface area contributed by atoms with E-state index in [1.807, 2.05) is 14.0 Å². The lowest BCUT2D eigenvalue weighted by Crippen LogP contribution is -2.62. The van der Waals surface area contributed by atoms with E-state index in [1.54, 1.807) is 0 Å². The minimum absolute atomic E-state index is 0.0609. The molecule has 8 atom stereocenters. The van der Waals surface area contributed by atoms with Gasteiger partial charge in [0.05, 0.1) is 11.9 Å². The number of Topliss-reactive ketones (excluding diaryl/α,β-unsaturated/α-hetero) is 1. The molecule has 0 aromatic rings. The number of rotatable bonds is 13. The lowest BCUT2D eigenvalue weighted by molar-refractivity contribution is -0.186. The highest BCUT2D eigenvalue weighted by molar-refractivity contribution is 7.85. The van der Waals surface area contributed by atoms with Crippen LogP contribution in [0.4, 0.5) is 0 Å². The van der Waals surface area contributed by atoms with Gasteiger partial charge in [-0.05, 0) is 86.5 Å². The average molecular weight is 667 g/mol. The van der Waals surface area contributed by atoms with Gasteiger partial charge in [0.25, 0.3) is 10.1 Å². The Morgan fingerprint density at radius 1 is 1.11 bits per heavy atom. The maximum Gasteiger partial charge on any atom is 0.306 e. The quantitative estimate of drug-likeness (QED) is 0.150. The first kappa shape index (κ1) is 36.7. The molecule has 0 spiro atoms. The van der Waals surface area contributed by atoms with Gasteiger partial charge in [0.1, 0.15) is 5.60 Å². The largest absolute Gasteiger partial charge is 0.458 e. The fraction of sp³-hybridized carbons (Fsp3) is 0.824. The molecule has 0 heterocycles. The molecule has 0 bridgehead atoms. The first-order valence-electron chi connectivity index (χ1n) is 16.9. The second-order valence-electron chi connectivity index (χ2n) is 14.9. The van der Waals surface area contributed by atoms with Crippen LogP contribution in [0, 0.1) is 34.5 Å². The van der Waals surface area contributed by atoms with Crippen molar-refractivity contribution in [3.63, 3.8) is 0 Å². The van der Waals surface area contributed by atoms with Gasteiger partial charge in [0, 0.05) is 44.6 Å². The van der Waals surface area contributed by atoms with Crippen LogP contribution in [-0.2, 0) is 29.2 Å². The number of hydrogen-bond acceptors (Lipinski definition) is 9. The molecule has 4 aliphatic rings. The zero-order valence-corrected chi connectivity index (χ0v) is 29.0. The molecule has 4 rings (SSSR count). The van der Waals surface area contributed by atoms with Gasteiger partial charge in [0.15, 0.2) is 6.61 Å². The molecule has 260 valence electrons. The number of carbonyl (C=O) groups is 3. The van der Waals surface area contributed by atoms with Crippen LogP contribution in [0.1, 0.15) is 97.8 Å². The Kier molecular flexibility index (Phi) is 11.3. The number of ether oxygens (including phenoxy) is 1. The van der Waals surface area contributed by atoms with Gasteiger partial charge in [-0.15, -0.1) is 0 Å². The molecule has 3 fully saturated rings. The van der Waals surface area contributed by atoms with E-state index in [0.29, 0.717) is 50.9 Å². The maximum absolute atomic E-state index is 13.5. The molecule has 0 aromatic carbocycles. The summed E-state index contributed by atoms with van der Waals surface area (Å²) in [4.78, 5) is 43.8. The topological polar surface area (TPSA) is 171 Å². The summed E-state index contributed by atoms with van der Waals surface area (Å²) in [6, 6.07) is 0. The summed E-state index contributed by atoms with van der Waals surface area (Å²) >= 11 is 0. The van der Waals surface area contributed by atoms with Crippen molar-refractivity contribution in [3.05, 3.63) is 11.6 Å². The van der Waals surface area contributed by atoms with Gasteiger partial charge in [-0.1, -0.05) is 39.2 Å². The van der Waals surface area contributed by atoms with Crippen molar-refractivity contribution < 1.29 is 42.3 Å². The van der Waals surface area contributed by atoms with Crippen molar-refractivity contribution >= 4 is 33.5 Å². The van der Waals surface area contributed by atoms with Gasteiger partial charge in [-0.25, -0.2) is 0 Å². The SMILES string of the molecule is C/N=C1/C=C2[C@@H](C)C[C@@H]3[C@H]([C@@H](O)C[C@@]4(C)[C@H]3CC[C@]4(O)C(=O)COC(=O)CCCCCCC(=O)N(C)CCS(=O)(=O)O)[C@@]2(C)CC1. The Morgan fingerprint density at radius 2 is 1.78 bits per heavy atom. The first-order valence-corrected chi connectivity index (χ1v) is 18.5. The highest BCUT2D eigenvalue weighted by atomic mass is 32.2. The summed E-state index contributed by atoms with van der Waals surface area (Å²) in [5.74, 6) is -1.08. The van der Waals surface area contributed by atoms with Crippen molar-refractivity contribution in [2.24, 2.45) is 39.5 Å². The van der Waals surface area contributed by atoms with E-state index < -0.39 is 51.4 Å². The zero-order chi connectivity index (χ0) is 34.1. The van der Waals surface area contributed by atoms with Crippen molar-refractivity contribution in [2.75, 3.05) is 33.0 Å². The van der Waals surface area contributed by atoms with Gasteiger partial charge in [-0.3, -0.25) is 23.9 Å². The van der Waals surface area contributed by atoms with Crippen molar-refractivity contribution in [1.82, 2.24) is 4.90 Å². The lowest BCUT2D eigenvalue weighted by atomic mass is 9.44. The Balaban J connectivity index is 1.26. The minimum atomic E-state index is -4.12. The molecule has 11 nitrogen and oxygen atoms in total. The number of hydrogen-bond donors (Lipinski definition) is 3. The number of aliphatic hydroxyl groups is 2. The standard InChI is InChI=1S/C34H54N2O9S/c1-22-18-24-25-13-15-34(41,33(25,3)20-27(37)31(24)32(2)14-12-23(35-4)19-26(22)32)28(38)21-45-30(40)11-9-7-6-8-10-29(39)36(5)16-17-46(42,43)44/h19,22,24-25,27,31,37,41H,6-18,20-21H2,1-5H3,(H,42,43,44)/b35-23+/t22-,24-,25-,27-,31+,32-,33-,34-/m0/s1. The monoisotopic (exact) mass is 666 g/mol. The summed E-state index contributed by atoms with van der Waals surface area (Å²) in [5, 5.41) is 23.7. The van der Waals surface area contributed by atoms with Crippen molar-refractivity contribution in [2.45, 2.75) is 110 Å². The van der Waals surface area contributed by atoms with Crippen LogP contribution in [0.25, 0.3) is 0 Å². The maximum atomic E-state index is 13.5. The molecular weight excluding hydrogens is 612 g/mol. The number of esters is 1. The summed E-state index contributed by atoms with van der Waals surface area (Å²) in [6.07, 6.45) is 8.46. The number of unbranched alkanes of at least 4 members (excludes halogenated alkanes) is 3. The number of amides is 1. The smallest absolute Gasteiger partial charge is 0.306 e. The summed E-state index contributed by atoms with van der Waals surface area (Å²) in [5.41, 5.74) is -0.141. The number of aliphatic hydroxyl groups excluding tert-OH is 1. The molecule has 0 saturated heterocycles. The second-order valence-corrected chi connectivity index (χ2v) is 16.4. The van der Waals surface area contributed by atoms with Gasteiger partial charge in [-0.2, -0.15) is 8.42 Å². The third-order valence-corrected chi connectivity index (χ3v) is 12.8. The summed E-state index contributed by atoms with van der Waals surface area (Å²) < 4.78 is 35.9. The number of allylic oxidation sites excluding steroid dienone is 2. The highest BCUT2D eigenvalue weighted by Crippen LogP contribution is 2.68. The van der Waals surface area contributed by atoms with Gasteiger partial charge >= 0.3 is 5.97 Å². The number of fused-ring (bicyclic) bond motifs is 5. The highest BCUT2D eigenvalue weighted by Gasteiger charge is 2.68. The fourth-order valence-electron chi connectivity index (χ4n) is 9.57. The van der Waals surface area contributed by atoms with Gasteiger partial charge in [0.2, 0.25) is 11.7 Å². The normalized spacial score (nSPS) is 36.3. The Labute approximate surface area is 274 Å². The third kappa shape index (κ3) is 7.29. The average Bonchev–Trinajstić information content (AvgIpc) is 3.26. The summed E-state index contributed by atoms with van der Waals surface area (Å²) in [7, 11) is -0.810. The molecule has 0 aliphatic heterocycles. The van der Waals surface area contributed by atoms with Gasteiger partial charge < -0.3 is 19.8 Å². The second kappa shape index (κ2) is 14.1. The summed E-state index contributed by atoms with van der Waals surface area (Å²) in [6.45, 7) is 5.91. The molecule has 4 aliphatic carbocycles. The fourth-order valence-corrected chi connectivity index (χ4v) is 10.1. The van der Waals surface area contributed by atoms with Crippen LogP contribution in [-0.4, -0.2) is 96.2 Å². The molecule has 46 heavy (non-hydrogen) atoms. The van der Waals surface area contributed by atoms with Crippen LogP contribution in [0.3, 0.4) is 0 Å². The Hall–Kier alpha value is -2.15. The molecule has 0 unspecified atom stereocenters. The molecular formula is C34H54N2O9S. The molecule has 1 amide bonds. The van der Waals surface area contributed by atoms with E-state index in [2.05, 4.69) is 24.9 Å². The molecule has 0 aromatic heterocycles. The predicted molar refractivity (Wildman–Crippen MR) is 174 cm³/mol. The van der Waals surface area contributed by atoms with Crippen LogP contribution in [0.2, 0.25) is 0 Å². The van der Waals surface area contributed by atoms with E-state index in [0.717, 1.165) is 25.0 Å². The predicted octanol–water partition coefficient (Wildman–Crippen LogP) is 3.77.